The molecule has 1 aromatic rings. The van der Waals surface area contributed by atoms with E-state index in [4.69, 9.17) is 14.6 Å². The fourth-order valence-corrected chi connectivity index (χ4v) is 2.54. The summed E-state index contributed by atoms with van der Waals surface area (Å²) in [5.41, 5.74) is 1.28. The maximum atomic E-state index is 12.6. The molecule has 1 aromatic carbocycles. The van der Waals surface area contributed by atoms with Crippen LogP contribution in [0.4, 0.5) is 0 Å². The molecular weight excluding hydrogens is 310 g/mol. The Labute approximate surface area is 138 Å². The lowest BCUT2D eigenvalue weighted by Gasteiger charge is -2.22. The Morgan fingerprint density at radius 3 is 2.75 bits per heavy atom. The summed E-state index contributed by atoms with van der Waals surface area (Å²) in [6, 6.07) is 7.13. The highest BCUT2D eigenvalue weighted by Gasteiger charge is 2.40. The minimum atomic E-state index is -1.08. The van der Waals surface area contributed by atoms with Crippen molar-refractivity contribution in [1.82, 2.24) is 0 Å². The Morgan fingerprint density at radius 2 is 2.08 bits per heavy atom. The fraction of sp³-hybridized carbons (Fsp3) is 0.167. The lowest BCUT2D eigenvalue weighted by Crippen LogP contribution is -2.44. The molecule has 0 spiro atoms. The molecule has 1 amide bonds. The number of carboxylic acid groups (broad SMARTS) is 1. The molecule has 2 aliphatic rings. The molecule has 1 heterocycles. The van der Waals surface area contributed by atoms with E-state index in [0.29, 0.717) is 11.5 Å². The van der Waals surface area contributed by atoms with Crippen LogP contribution in [-0.4, -0.2) is 47.0 Å². The Bertz CT molecular complexity index is 799. The quantitative estimate of drug-likeness (QED) is 0.672. The van der Waals surface area contributed by atoms with Gasteiger partial charge < -0.3 is 14.6 Å². The zero-order valence-electron chi connectivity index (χ0n) is 13.0. The van der Waals surface area contributed by atoms with E-state index in [1.165, 1.54) is 4.58 Å². The lowest BCUT2D eigenvalue weighted by atomic mass is 10.1. The third-order valence-corrected chi connectivity index (χ3v) is 3.68. The van der Waals surface area contributed by atoms with Crippen molar-refractivity contribution < 1.29 is 28.7 Å². The van der Waals surface area contributed by atoms with Crippen LogP contribution in [-0.2, 0) is 14.3 Å². The van der Waals surface area contributed by atoms with Gasteiger partial charge in [-0.25, -0.2) is 9.59 Å². The van der Waals surface area contributed by atoms with Gasteiger partial charge in [0, 0.05) is 6.08 Å². The molecule has 0 bridgehead atoms. The normalized spacial score (nSPS) is 20.8. The van der Waals surface area contributed by atoms with Crippen LogP contribution in [0.25, 0.3) is 6.08 Å². The van der Waals surface area contributed by atoms with Gasteiger partial charge in [0.25, 0.3) is 0 Å². The number of carboxylic acids is 1. The molecule has 1 unspecified atom stereocenters. The van der Waals surface area contributed by atoms with Crippen LogP contribution >= 0.6 is 0 Å². The summed E-state index contributed by atoms with van der Waals surface area (Å²) in [4.78, 5) is 23.7. The molecule has 1 aliphatic carbocycles. The average Bonchev–Trinajstić information content (AvgIpc) is 2.59. The van der Waals surface area contributed by atoms with Gasteiger partial charge >= 0.3 is 11.9 Å². The molecule has 0 saturated carbocycles. The second-order valence-corrected chi connectivity index (χ2v) is 5.27. The number of hydrogen-bond acceptors (Lipinski definition) is 4. The molecule has 0 fully saturated rings. The molecule has 1 N–H and O–H groups in total. The zero-order chi connectivity index (χ0) is 17.1. The molecule has 24 heavy (non-hydrogen) atoms. The SMILES string of the molecule is COc1ccc(/C=C2/OC3C=CC=CC3=[N+](CC(=O)O)C2=O)cc1. The number of carbonyl (C=O) groups excluding carboxylic acids is 1. The molecule has 1 aliphatic heterocycles. The van der Waals surface area contributed by atoms with Crippen molar-refractivity contribution >= 4 is 23.7 Å². The molecule has 122 valence electrons. The van der Waals surface area contributed by atoms with E-state index in [1.807, 2.05) is 0 Å². The number of methoxy groups -OCH3 is 1. The van der Waals surface area contributed by atoms with Crippen molar-refractivity contribution in [1.29, 1.82) is 0 Å². The van der Waals surface area contributed by atoms with Crippen molar-refractivity contribution in [3.63, 3.8) is 0 Å². The van der Waals surface area contributed by atoms with Crippen molar-refractivity contribution in [2.45, 2.75) is 6.10 Å². The number of rotatable bonds is 4. The van der Waals surface area contributed by atoms with Gasteiger partial charge in [-0.15, -0.1) is 4.58 Å². The third kappa shape index (κ3) is 3.12. The monoisotopic (exact) mass is 326 g/mol. The summed E-state index contributed by atoms with van der Waals surface area (Å²) in [7, 11) is 1.57. The summed E-state index contributed by atoms with van der Waals surface area (Å²) in [6.07, 6.45) is 8.13. The number of ether oxygens (including phenoxy) is 2. The summed E-state index contributed by atoms with van der Waals surface area (Å²) in [6.45, 7) is -0.411. The first-order chi connectivity index (χ1) is 11.6. The van der Waals surface area contributed by atoms with Gasteiger partial charge in [0.2, 0.25) is 24.1 Å². The van der Waals surface area contributed by atoms with E-state index < -0.39 is 24.5 Å². The second kappa shape index (κ2) is 6.54. The zero-order valence-corrected chi connectivity index (χ0v) is 13.0. The van der Waals surface area contributed by atoms with Gasteiger partial charge in [-0.2, -0.15) is 0 Å². The number of allylic oxidation sites excluding steroid dienone is 2. The van der Waals surface area contributed by atoms with Crippen molar-refractivity contribution in [3.8, 4) is 5.75 Å². The highest BCUT2D eigenvalue weighted by molar-refractivity contribution is 6.06. The van der Waals surface area contributed by atoms with Crippen molar-refractivity contribution in [2.24, 2.45) is 0 Å². The highest BCUT2D eigenvalue weighted by atomic mass is 16.5. The van der Waals surface area contributed by atoms with E-state index >= 15 is 0 Å². The molecule has 0 saturated heterocycles. The molecule has 0 aromatic heterocycles. The topological polar surface area (TPSA) is 75.8 Å². The standard InChI is InChI=1S/C18H15NO5/c1-23-13-8-6-12(7-9-13)10-16-18(22)19(11-17(20)21)14-4-2-3-5-15(14)24-16/h2-10,15H,11H2,1H3/p+1/b16-10+. The number of hydrogen-bond donors (Lipinski definition) is 1. The Hall–Kier alpha value is -3.15. The summed E-state index contributed by atoms with van der Waals surface area (Å²) in [5, 5.41) is 9.08. The summed E-state index contributed by atoms with van der Waals surface area (Å²) < 4.78 is 12.1. The first-order valence-corrected chi connectivity index (χ1v) is 7.36. The van der Waals surface area contributed by atoms with Crippen molar-refractivity contribution in [2.75, 3.05) is 13.7 Å². The number of benzene rings is 1. The third-order valence-electron chi connectivity index (χ3n) is 3.68. The molecule has 6 heteroatoms. The van der Waals surface area contributed by atoms with Gasteiger partial charge in [-0.05, 0) is 29.8 Å². The number of amides is 1. The van der Waals surface area contributed by atoms with Crippen LogP contribution < -0.4 is 4.74 Å². The van der Waals surface area contributed by atoms with Crippen molar-refractivity contribution in [3.05, 3.63) is 59.9 Å². The Morgan fingerprint density at radius 1 is 1.33 bits per heavy atom. The summed E-state index contributed by atoms with van der Waals surface area (Å²) in [5.74, 6) is -0.741. The second-order valence-electron chi connectivity index (χ2n) is 5.27. The minimum absolute atomic E-state index is 0.107. The van der Waals surface area contributed by atoms with Gasteiger partial charge in [-0.1, -0.05) is 24.3 Å². The number of carbonyl (C=O) groups is 2. The van der Waals surface area contributed by atoms with Gasteiger partial charge in [0.05, 0.1) is 7.11 Å². The van der Waals surface area contributed by atoms with Gasteiger partial charge in [0.1, 0.15) is 5.75 Å². The maximum absolute atomic E-state index is 12.6. The predicted octanol–water partition coefficient (Wildman–Crippen LogP) is 1.63. The number of aliphatic carboxylic acids is 1. The molecule has 6 nitrogen and oxygen atoms in total. The summed E-state index contributed by atoms with van der Waals surface area (Å²) >= 11 is 0. The van der Waals surface area contributed by atoms with E-state index in [2.05, 4.69) is 0 Å². The van der Waals surface area contributed by atoms with Crippen LogP contribution in [0.5, 0.6) is 5.75 Å². The van der Waals surface area contributed by atoms with Gasteiger partial charge in [-0.3, -0.25) is 0 Å². The van der Waals surface area contributed by atoms with Crippen LogP contribution in [0.15, 0.2) is 54.3 Å². The van der Waals surface area contributed by atoms with E-state index in [-0.39, 0.29) is 5.76 Å². The fourth-order valence-electron chi connectivity index (χ4n) is 2.54. The van der Waals surface area contributed by atoms with Crippen LogP contribution in [0.2, 0.25) is 0 Å². The Balaban J connectivity index is 1.98. The molecule has 1 atom stereocenters. The number of fused-ring (bicyclic) bond motifs is 1. The first-order valence-electron chi connectivity index (χ1n) is 7.36. The Kier molecular flexibility index (Phi) is 4.29. The predicted molar refractivity (Wildman–Crippen MR) is 86.9 cm³/mol. The average molecular weight is 326 g/mol. The van der Waals surface area contributed by atoms with Gasteiger partial charge in [0.15, 0.2) is 0 Å². The van der Waals surface area contributed by atoms with Crippen LogP contribution in [0.3, 0.4) is 0 Å². The largest absolute Gasteiger partial charge is 0.497 e. The number of nitrogens with zero attached hydrogens (tertiary/aromatic N) is 1. The first kappa shape index (κ1) is 15.7. The molecule has 0 radical (unpaired) electrons. The molecular formula is C18H16NO5+. The van der Waals surface area contributed by atoms with E-state index in [0.717, 1.165) is 5.56 Å². The van der Waals surface area contributed by atoms with E-state index in [1.54, 1.807) is 61.8 Å². The van der Waals surface area contributed by atoms with Crippen LogP contribution in [0.1, 0.15) is 5.56 Å². The highest BCUT2D eigenvalue weighted by Crippen LogP contribution is 2.21. The lowest BCUT2D eigenvalue weighted by molar-refractivity contribution is -0.445. The van der Waals surface area contributed by atoms with E-state index in [9.17, 15) is 9.59 Å². The maximum Gasteiger partial charge on any atom is 0.455 e. The van der Waals surface area contributed by atoms with Crippen LogP contribution in [0, 0.1) is 0 Å². The minimum Gasteiger partial charge on any atom is -0.497 e. The molecule has 3 rings (SSSR count). The smallest absolute Gasteiger partial charge is 0.455 e.